The highest BCUT2D eigenvalue weighted by atomic mass is 79.9. The van der Waals surface area contributed by atoms with Crippen LogP contribution in [0.1, 0.15) is 0 Å². The van der Waals surface area contributed by atoms with Crippen LogP contribution in [-0.4, -0.2) is 6.09 Å². The first-order valence-electron chi connectivity index (χ1n) is 3.52. The van der Waals surface area contributed by atoms with Crippen molar-refractivity contribution in [3.05, 3.63) is 27.7 Å². The van der Waals surface area contributed by atoms with E-state index in [9.17, 15) is 4.79 Å². The summed E-state index contributed by atoms with van der Waals surface area (Å²) in [4.78, 5) is 10.9. The average Bonchev–Trinajstić information content (AvgIpc) is 2.10. The fourth-order valence-corrected chi connectivity index (χ4v) is 1.51. The SMILES string of the molecule is C#CNC(=O)Oc1ccc(Cl)cc1Br. The van der Waals surface area contributed by atoms with Crippen LogP contribution in [0.5, 0.6) is 5.75 Å². The Labute approximate surface area is 94.5 Å². The van der Waals surface area contributed by atoms with E-state index in [1.807, 2.05) is 11.4 Å². The van der Waals surface area contributed by atoms with Crippen LogP contribution >= 0.6 is 27.5 Å². The average molecular weight is 275 g/mol. The van der Waals surface area contributed by atoms with Gasteiger partial charge in [-0.15, -0.1) is 0 Å². The molecule has 1 aromatic carbocycles. The normalized spacial score (nSPS) is 8.93. The Balaban J connectivity index is 2.78. The van der Waals surface area contributed by atoms with Crippen molar-refractivity contribution in [1.29, 1.82) is 0 Å². The molecule has 0 atom stereocenters. The lowest BCUT2D eigenvalue weighted by molar-refractivity contribution is 0.205. The minimum Gasteiger partial charge on any atom is -0.408 e. The molecule has 0 heterocycles. The Morgan fingerprint density at radius 2 is 2.36 bits per heavy atom. The fraction of sp³-hybridized carbons (Fsp3) is 0. The third-order valence-corrected chi connectivity index (χ3v) is 2.13. The molecule has 0 saturated carbocycles. The molecule has 0 saturated heterocycles. The second-order valence-electron chi connectivity index (χ2n) is 2.23. The Morgan fingerprint density at radius 1 is 1.64 bits per heavy atom. The van der Waals surface area contributed by atoms with Gasteiger partial charge in [-0.25, -0.2) is 10.1 Å². The summed E-state index contributed by atoms with van der Waals surface area (Å²) in [5.41, 5.74) is 0. The van der Waals surface area contributed by atoms with Crippen molar-refractivity contribution in [2.45, 2.75) is 0 Å². The predicted octanol–water partition coefficient (Wildman–Crippen LogP) is 2.78. The summed E-state index contributed by atoms with van der Waals surface area (Å²) in [5, 5.41) is 2.59. The number of terminal acetylenes is 1. The molecule has 0 fully saturated rings. The third kappa shape index (κ3) is 2.95. The Morgan fingerprint density at radius 3 is 2.93 bits per heavy atom. The van der Waals surface area contributed by atoms with E-state index in [0.717, 1.165) is 0 Å². The van der Waals surface area contributed by atoms with Gasteiger partial charge in [0.1, 0.15) is 5.75 Å². The van der Waals surface area contributed by atoms with Gasteiger partial charge in [-0.05, 0) is 34.1 Å². The van der Waals surface area contributed by atoms with E-state index < -0.39 is 6.09 Å². The number of halogens is 2. The van der Waals surface area contributed by atoms with Crippen LogP contribution in [0.2, 0.25) is 5.02 Å². The molecule has 0 spiro atoms. The van der Waals surface area contributed by atoms with E-state index in [2.05, 4.69) is 15.9 Å². The molecule has 1 N–H and O–H groups in total. The Kier molecular flexibility index (Phi) is 3.81. The Bertz CT molecular complexity index is 400. The zero-order valence-electron chi connectivity index (χ0n) is 6.88. The molecule has 14 heavy (non-hydrogen) atoms. The molecule has 0 bridgehead atoms. The summed E-state index contributed by atoms with van der Waals surface area (Å²) in [6.45, 7) is 0. The highest BCUT2D eigenvalue weighted by Gasteiger charge is 2.06. The van der Waals surface area contributed by atoms with Crippen molar-refractivity contribution < 1.29 is 9.53 Å². The summed E-state index contributed by atoms with van der Waals surface area (Å²) < 4.78 is 5.42. The number of amides is 1. The molecule has 1 rings (SSSR count). The molecule has 0 aliphatic rings. The molecular formula is C9H5BrClNO2. The van der Waals surface area contributed by atoms with E-state index in [4.69, 9.17) is 22.8 Å². The lowest BCUT2D eigenvalue weighted by atomic mass is 10.3. The summed E-state index contributed by atoms with van der Waals surface area (Å²) >= 11 is 8.88. The molecule has 5 heteroatoms. The van der Waals surface area contributed by atoms with Gasteiger partial charge in [0, 0.05) is 11.1 Å². The number of benzene rings is 1. The predicted molar refractivity (Wildman–Crippen MR) is 57.1 cm³/mol. The summed E-state index contributed by atoms with van der Waals surface area (Å²) in [7, 11) is 0. The van der Waals surface area contributed by atoms with E-state index >= 15 is 0 Å². The summed E-state index contributed by atoms with van der Waals surface area (Å²) in [6.07, 6.45) is 4.14. The summed E-state index contributed by atoms with van der Waals surface area (Å²) in [6, 6.07) is 6.72. The van der Waals surface area contributed by atoms with E-state index in [0.29, 0.717) is 15.2 Å². The standard InChI is InChI=1S/C9H5BrClNO2/c1-2-12-9(13)14-8-4-3-6(11)5-7(8)10/h1,3-5H,(H,12,13). The maximum absolute atomic E-state index is 10.9. The Hall–Kier alpha value is -1.18. The topological polar surface area (TPSA) is 38.3 Å². The number of hydrogen-bond acceptors (Lipinski definition) is 2. The molecule has 3 nitrogen and oxygen atoms in total. The van der Waals surface area contributed by atoms with Crippen molar-refractivity contribution in [3.8, 4) is 18.2 Å². The molecule has 0 aromatic heterocycles. The highest BCUT2D eigenvalue weighted by molar-refractivity contribution is 9.10. The molecule has 72 valence electrons. The number of ether oxygens (including phenoxy) is 1. The number of carbonyl (C=O) groups excluding carboxylic acids is 1. The van der Waals surface area contributed by atoms with Gasteiger partial charge in [-0.1, -0.05) is 18.0 Å². The minimum atomic E-state index is -0.712. The van der Waals surface area contributed by atoms with Crippen LogP contribution in [0.15, 0.2) is 22.7 Å². The van der Waals surface area contributed by atoms with Crippen molar-refractivity contribution in [1.82, 2.24) is 5.32 Å². The van der Waals surface area contributed by atoms with Crippen molar-refractivity contribution in [3.63, 3.8) is 0 Å². The van der Waals surface area contributed by atoms with Gasteiger partial charge in [0.2, 0.25) is 0 Å². The van der Waals surface area contributed by atoms with Crippen LogP contribution in [0, 0.1) is 12.5 Å². The van der Waals surface area contributed by atoms with E-state index in [1.165, 1.54) is 0 Å². The molecular weight excluding hydrogens is 269 g/mol. The molecule has 1 amide bonds. The van der Waals surface area contributed by atoms with Crippen molar-refractivity contribution in [2.75, 3.05) is 0 Å². The maximum Gasteiger partial charge on any atom is 0.424 e. The molecule has 0 unspecified atom stereocenters. The minimum absolute atomic E-state index is 0.349. The zero-order valence-corrected chi connectivity index (χ0v) is 9.22. The molecule has 0 radical (unpaired) electrons. The number of rotatable bonds is 1. The molecule has 0 aliphatic carbocycles. The van der Waals surface area contributed by atoms with Crippen LogP contribution in [0.3, 0.4) is 0 Å². The number of hydrogen-bond donors (Lipinski definition) is 1. The van der Waals surface area contributed by atoms with Gasteiger partial charge in [0.15, 0.2) is 0 Å². The quantitative estimate of drug-likeness (QED) is 0.632. The highest BCUT2D eigenvalue weighted by Crippen LogP contribution is 2.27. The van der Waals surface area contributed by atoms with Gasteiger partial charge in [0.25, 0.3) is 0 Å². The van der Waals surface area contributed by atoms with Crippen LogP contribution in [-0.2, 0) is 0 Å². The van der Waals surface area contributed by atoms with Gasteiger partial charge < -0.3 is 4.74 Å². The first-order chi connectivity index (χ1) is 6.63. The number of nitrogens with one attached hydrogen (secondary N) is 1. The third-order valence-electron chi connectivity index (χ3n) is 1.27. The lowest BCUT2D eigenvalue weighted by Gasteiger charge is -2.04. The second kappa shape index (κ2) is 4.89. The van der Waals surface area contributed by atoms with E-state index in [1.54, 1.807) is 18.2 Å². The van der Waals surface area contributed by atoms with Crippen LogP contribution in [0.25, 0.3) is 0 Å². The first-order valence-corrected chi connectivity index (χ1v) is 4.69. The summed E-state index contributed by atoms with van der Waals surface area (Å²) in [5.74, 6) is 0.349. The van der Waals surface area contributed by atoms with Gasteiger partial charge in [-0.2, -0.15) is 0 Å². The zero-order chi connectivity index (χ0) is 10.6. The molecule has 1 aromatic rings. The number of carbonyl (C=O) groups is 1. The molecule has 0 aliphatic heterocycles. The van der Waals surface area contributed by atoms with Crippen LogP contribution < -0.4 is 10.1 Å². The first kappa shape index (κ1) is 10.9. The monoisotopic (exact) mass is 273 g/mol. The van der Waals surface area contributed by atoms with Crippen LogP contribution in [0.4, 0.5) is 4.79 Å². The van der Waals surface area contributed by atoms with E-state index in [-0.39, 0.29) is 0 Å². The van der Waals surface area contributed by atoms with Gasteiger partial charge in [0.05, 0.1) is 4.47 Å². The van der Waals surface area contributed by atoms with Gasteiger partial charge in [-0.3, -0.25) is 0 Å². The maximum atomic E-state index is 10.9. The fourth-order valence-electron chi connectivity index (χ4n) is 0.742. The van der Waals surface area contributed by atoms with Crippen molar-refractivity contribution >= 4 is 33.6 Å². The largest absolute Gasteiger partial charge is 0.424 e. The second-order valence-corrected chi connectivity index (χ2v) is 3.52. The van der Waals surface area contributed by atoms with Crippen molar-refractivity contribution in [2.24, 2.45) is 0 Å². The smallest absolute Gasteiger partial charge is 0.408 e. The van der Waals surface area contributed by atoms with Gasteiger partial charge >= 0.3 is 6.09 Å². The lowest BCUT2D eigenvalue weighted by Crippen LogP contribution is -2.21.